The van der Waals surface area contributed by atoms with Gasteiger partial charge >= 0.3 is 5.97 Å². The van der Waals surface area contributed by atoms with Gasteiger partial charge in [0, 0.05) is 13.3 Å². The van der Waals surface area contributed by atoms with Crippen LogP contribution in [0.5, 0.6) is 0 Å². The number of aliphatic carboxylic acids is 1. The summed E-state index contributed by atoms with van der Waals surface area (Å²) < 4.78 is 0. The highest BCUT2D eigenvalue weighted by Crippen LogP contribution is 1.77. The molecule has 0 radical (unpaired) electrons. The zero-order valence-corrected chi connectivity index (χ0v) is 5.08. The molecule has 0 bridgehead atoms. The van der Waals surface area contributed by atoms with Gasteiger partial charge in [-0.15, -0.1) is 0 Å². The first-order valence-corrected chi connectivity index (χ1v) is 2.55. The third kappa shape index (κ3) is 3.89. The first-order chi connectivity index (χ1) is 4.20. The van der Waals surface area contributed by atoms with Crippen molar-refractivity contribution in [2.24, 2.45) is 11.5 Å². The number of carboxylic acids is 1. The van der Waals surface area contributed by atoms with Crippen molar-refractivity contribution >= 4 is 5.97 Å². The van der Waals surface area contributed by atoms with Gasteiger partial charge in [-0.1, -0.05) is 0 Å². The summed E-state index contributed by atoms with van der Waals surface area (Å²) in [7, 11) is 0. The first kappa shape index (κ1) is 8.35. The minimum atomic E-state index is -0.911. The van der Waals surface area contributed by atoms with Crippen LogP contribution < -0.4 is 11.5 Å². The molecule has 0 amide bonds. The number of carbonyl (C=O) groups is 1. The number of nitrogens with two attached hydrogens (primary N) is 2. The monoisotopic (exact) mass is 133 g/mol. The van der Waals surface area contributed by atoms with Gasteiger partial charge in [0.25, 0.3) is 0 Å². The standard InChI is InChI=1S/C4H11N3O2/c5-2-7(3-6)1-4(8)9/h1-3,5-6H2,(H,8,9). The van der Waals surface area contributed by atoms with E-state index >= 15 is 0 Å². The molecule has 0 aliphatic heterocycles. The second kappa shape index (κ2) is 4.25. The van der Waals surface area contributed by atoms with E-state index in [0.29, 0.717) is 0 Å². The molecule has 0 fully saturated rings. The van der Waals surface area contributed by atoms with E-state index in [1.54, 1.807) is 0 Å². The molecule has 0 atom stereocenters. The SMILES string of the molecule is NCN(CN)CC(=O)O. The van der Waals surface area contributed by atoms with Gasteiger partial charge in [-0.2, -0.15) is 0 Å². The Hall–Kier alpha value is -0.650. The van der Waals surface area contributed by atoms with Gasteiger partial charge in [-0.05, 0) is 0 Å². The largest absolute Gasteiger partial charge is 0.480 e. The van der Waals surface area contributed by atoms with Crippen molar-refractivity contribution in [1.29, 1.82) is 0 Å². The van der Waals surface area contributed by atoms with Crippen molar-refractivity contribution in [1.82, 2.24) is 4.90 Å². The molecule has 0 spiro atoms. The van der Waals surface area contributed by atoms with Gasteiger partial charge in [0.05, 0.1) is 6.54 Å². The molecule has 5 nitrogen and oxygen atoms in total. The van der Waals surface area contributed by atoms with E-state index in [-0.39, 0.29) is 19.9 Å². The molecule has 0 aliphatic rings. The minimum absolute atomic E-state index is 0.0903. The quantitative estimate of drug-likeness (QED) is 0.394. The van der Waals surface area contributed by atoms with Crippen LogP contribution in [0.1, 0.15) is 0 Å². The molecule has 0 aromatic heterocycles. The Kier molecular flexibility index (Phi) is 3.94. The number of nitrogens with zero attached hydrogens (tertiary/aromatic N) is 1. The van der Waals surface area contributed by atoms with Crippen LogP contribution in [0.3, 0.4) is 0 Å². The van der Waals surface area contributed by atoms with Crippen molar-refractivity contribution in [3.63, 3.8) is 0 Å². The molecule has 0 saturated carbocycles. The van der Waals surface area contributed by atoms with Crippen LogP contribution in [0.2, 0.25) is 0 Å². The fourth-order valence-electron chi connectivity index (χ4n) is 0.395. The van der Waals surface area contributed by atoms with E-state index in [4.69, 9.17) is 16.6 Å². The number of hydrogen-bond acceptors (Lipinski definition) is 4. The van der Waals surface area contributed by atoms with Crippen LogP contribution in [0.25, 0.3) is 0 Å². The highest BCUT2D eigenvalue weighted by atomic mass is 16.4. The van der Waals surface area contributed by atoms with Gasteiger partial charge < -0.3 is 16.6 Å². The van der Waals surface area contributed by atoms with Gasteiger partial charge in [0.2, 0.25) is 0 Å². The van der Waals surface area contributed by atoms with Gasteiger partial charge in [0.1, 0.15) is 0 Å². The number of carboxylic acid groups (broad SMARTS) is 1. The third-order valence-electron chi connectivity index (χ3n) is 0.875. The number of rotatable bonds is 4. The molecule has 9 heavy (non-hydrogen) atoms. The Bertz CT molecular complexity index is 91.8. The molecular weight excluding hydrogens is 122 g/mol. The highest BCUT2D eigenvalue weighted by Gasteiger charge is 2.03. The predicted molar refractivity (Wildman–Crippen MR) is 32.5 cm³/mol. The van der Waals surface area contributed by atoms with E-state index < -0.39 is 5.97 Å². The van der Waals surface area contributed by atoms with Crippen molar-refractivity contribution in [3.8, 4) is 0 Å². The minimum Gasteiger partial charge on any atom is -0.480 e. The average Bonchev–Trinajstić information content (AvgIpc) is 1.82. The van der Waals surface area contributed by atoms with Crippen LogP contribution in [-0.2, 0) is 4.79 Å². The maximum Gasteiger partial charge on any atom is 0.317 e. The highest BCUT2D eigenvalue weighted by molar-refractivity contribution is 5.69. The molecule has 0 rings (SSSR count). The van der Waals surface area contributed by atoms with Crippen molar-refractivity contribution < 1.29 is 9.90 Å². The first-order valence-electron chi connectivity index (χ1n) is 2.55. The smallest absolute Gasteiger partial charge is 0.317 e. The summed E-state index contributed by atoms with van der Waals surface area (Å²) in [5, 5.41) is 8.19. The second-order valence-corrected chi connectivity index (χ2v) is 1.59. The van der Waals surface area contributed by atoms with E-state index in [1.807, 2.05) is 0 Å². The van der Waals surface area contributed by atoms with E-state index in [9.17, 15) is 4.79 Å². The Morgan fingerprint density at radius 1 is 1.44 bits per heavy atom. The zero-order chi connectivity index (χ0) is 7.28. The molecule has 0 saturated heterocycles. The van der Waals surface area contributed by atoms with E-state index in [2.05, 4.69) is 0 Å². The van der Waals surface area contributed by atoms with E-state index in [0.717, 1.165) is 0 Å². The molecule has 0 aliphatic carbocycles. The fraction of sp³-hybridized carbons (Fsp3) is 0.750. The lowest BCUT2D eigenvalue weighted by atomic mass is 10.6. The van der Waals surface area contributed by atoms with Gasteiger partial charge in [-0.25, -0.2) is 0 Å². The van der Waals surface area contributed by atoms with Gasteiger partial charge in [0.15, 0.2) is 0 Å². The molecule has 5 heteroatoms. The summed E-state index contributed by atoms with van der Waals surface area (Å²) in [6.07, 6.45) is 0. The molecule has 0 aromatic rings. The van der Waals surface area contributed by atoms with Crippen molar-refractivity contribution in [2.75, 3.05) is 19.9 Å². The van der Waals surface area contributed by atoms with Crippen LogP contribution in [-0.4, -0.2) is 35.9 Å². The second-order valence-electron chi connectivity index (χ2n) is 1.59. The summed E-state index contributed by atoms with van der Waals surface area (Å²) in [5.74, 6) is -0.911. The average molecular weight is 133 g/mol. The summed E-state index contributed by atoms with van der Waals surface area (Å²) in [6, 6.07) is 0. The Balaban J connectivity index is 3.43. The third-order valence-corrected chi connectivity index (χ3v) is 0.875. The predicted octanol–water partition coefficient (Wildman–Crippen LogP) is -1.79. The Morgan fingerprint density at radius 2 is 1.89 bits per heavy atom. The Morgan fingerprint density at radius 3 is 2.00 bits per heavy atom. The van der Waals surface area contributed by atoms with Crippen molar-refractivity contribution in [2.45, 2.75) is 0 Å². The van der Waals surface area contributed by atoms with E-state index in [1.165, 1.54) is 4.90 Å². The maximum atomic E-state index is 9.97. The lowest BCUT2D eigenvalue weighted by Crippen LogP contribution is -2.38. The van der Waals surface area contributed by atoms with Crippen LogP contribution in [0, 0.1) is 0 Å². The van der Waals surface area contributed by atoms with Crippen LogP contribution in [0.4, 0.5) is 0 Å². The molecule has 0 unspecified atom stereocenters. The topological polar surface area (TPSA) is 92.6 Å². The normalized spacial score (nSPS) is 10.1. The molecule has 54 valence electrons. The Labute approximate surface area is 53.2 Å². The maximum absolute atomic E-state index is 9.97. The molecule has 5 N–H and O–H groups in total. The van der Waals surface area contributed by atoms with Crippen LogP contribution >= 0.6 is 0 Å². The fourth-order valence-corrected chi connectivity index (χ4v) is 0.395. The summed E-state index contributed by atoms with van der Waals surface area (Å²) in [4.78, 5) is 11.4. The lowest BCUT2D eigenvalue weighted by molar-refractivity contribution is -0.138. The molecule has 0 aromatic carbocycles. The summed E-state index contributed by atoms with van der Waals surface area (Å²) >= 11 is 0. The summed E-state index contributed by atoms with van der Waals surface area (Å²) in [5.41, 5.74) is 10.2. The van der Waals surface area contributed by atoms with Crippen LogP contribution in [0.15, 0.2) is 0 Å². The summed E-state index contributed by atoms with van der Waals surface area (Å²) in [6.45, 7) is 0.276. The number of hydrogen-bond donors (Lipinski definition) is 3. The molecular formula is C4H11N3O2. The molecule has 0 heterocycles. The lowest BCUT2D eigenvalue weighted by Gasteiger charge is -2.13. The van der Waals surface area contributed by atoms with Gasteiger partial charge in [-0.3, -0.25) is 9.69 Å². The zero-order valence-electron chi connectivity index (χ0n) is 5.08. The van der Waals surface area contributed by atoms with Crippen molar-refractivity contribution in [3.05, 3.63) is 0 Å².